The van der Waals surface area contributed by atoms with Gasteiger partial charge >= 0.3 is 0 Å². The zero-order valence-electron chi connectivity index (χ0n) is 10.9. The van der Waals surface area contributed by atoms with Crippen LogP contribution in [0, 0.1) is 0 Å². The van der Waals surface area contributed by atoms with Gasteiger partial charge in [0, 0.05) is 27.0 Å². The van der Waals surface area contributed by atoms with E-state index < -0.39 is 9.05 Å². The van der Waals surface area contributed by atoms with Crippen molar-refractivity contribution in [1.82, 2.24) is 0 Å². The molecular weight excluding hydrogens is 308 g/mol. The van der Waals surface area contributed by atoms with Crippen LogP contribution in [0.2, 0.25) is 0 Å². The van der Waals surface area contributed by atoms with Crippen LogP contribution in [0.5, 0.6) is 0 Å². The minimum Gasteiger partial charge on any atom is -0.456 e. The summed E-state index contributed by atoms with van der Waals surface area (Å²) in [5, 5.41) is 2.01. The van der Waals surface area contributed by atoms with Crippen LogP contribution in [0.15, 0.2) is 64.4 Å². The number of hydrogen-bond acceptors (Lipinski definition) is 3. The molecular formula is C16H11ClO3S. The average molecular weight is 319 g/mol. The molecule has 0 saturated heterocycles. The summed E-state index contributed by atoms with van der Waals surface area (Å²) in [6, 6.07) is 17.1. The summed E-state index contributed by atoms with van der Waals surface area (Å²) in [5.74, 6) is 0.775. The Balaban J connectivity index is 1.92. The summed E-state index contributed by atoms with van der Waals surface area (Å²) >= 11 is 0. The van der Waals surface area contributed by atoms with Gasteiger partial charge in [0.15, 0.2) is 0 Å². The molecule has 0 aliphatic carbocycles. The highest BCUT2D eigenvalue weighted by Crippen LogP contribution is 2.27. The second-order valence-electron chi connectivity index (χ2n) is 4.55. The molecule has 3 aromatic rings. The average Bonchev–Trinajstić information content (AvgIpc) is 2.89. The maximum absolute atomic E-state index is 10.9. The molecule has 1 heterocycles. The van der Waals surface area contributed by atoms with E-state index in [0.29, 0.717) is 0 Å². The maximum atomic E-state index is 10.9. The maximum Gasteiger partial charge on any atom is 0.254 e. The van der Waals surface area contributed by atoms with Crippen LogP contribution < -0.4 is 0 Å². The molecule has 0 unspecified atom stereocenters. The van der Waals surface area contributed by atoms with Gasteiger partial charge in [-0.15, -0.1) is 0 Å². The van der Waals surface area contributed by atoms with Crippen LogP contribution in [0.4, 0.5) is 0 Å². The molecule has 1 aromatic heterocycles. The van der Waals surface area contributed by atoms with Crippen LogP contribution in [-0.2, 0) is 9.05 Å². The van der Waals surface area contributed by atoms with Crippen molar-refractivity contribution in [2.75, 3.05) is 0 Å². The molecule has 0 N–H and O–H groups in total. The van der Waals surface area contributed by atoms with Crippen LogP contribution in [-0.4, -0.2) is 8.42 Å². The second kappa shape index (κ2) is 5.39. The molecule has 0 atom stereocenters. The summed E-state index contributed by atoms with van der Waals surface area (Å²) in [6.45, 7) is 0. The number of fused-ring (bicyclic) bond motifs is 1. The molecule has 0 spiro atoms. The third-order valence-corrected chi connectivity index (χ3v) is 3.81. The zero-order chi connectivity index (χ0) is 14.9. The van der Waals surface area contributed by atoms with E-state index in [0.717, 1.165) is 33.3 Å². The van der Waals surface area contributed by atoms with Gasteiger partial charge in [0.2, 0.25) is 0 Å². The number of halogens is 1. The second-order valence-corrected chi connectivity index (χ2v) is 7.06. The van der Waals surface area contributed by atoms with Crippen LogP contribution in [0.1, 0.15) is 5.56 Å². The summed E-state index contributed by atoms with van der Waals surface area (Å²) in [5.41, 5.74) is 2.51. The van der Waals surface area contributed by atoms with Gasteiger partial charge in [-0.25, -0.2) is 8.42 Å². The Morgan fingerprint density at radius 2 is 1.71 bits per heavy atom. The monoisotopic (exact) mass is 318 g/mol. The zero-order valence-corrected chi connectivity index (χ0v) is 12.4. The minimum absolute atomic E-state index is 0.749. The highest BCUT2D eigenvalue weighted by atomic mass is 35.7. The largest absolute Gasteiger partial charge is 0.456 e. The lowest BCUT2D eigenvalue weighted by Crippen LogP contribution is -1.80. The molecule has 0 fully saturated rings. The van der Waals surface area contributed by atoms with E-state index in [2.05, 4.69) is 0 Å². The van der Waals surface area contributed by atoms with Gasteiger partial charge in [0.05, 0.1) is 0 Å². The SMILES string of the molecule is O=S(=O)(Cl)C=Cc1ccc(-c2cc3ccccc3o2)cc1. The molecule has 3 nitrogen and oxygen atoms in total. The van der Waals surface area contributed by atoms with E-state index in [1.54, 1.807) is 12.1 Å². The van der Waals surface area contributed by atoms with Crippen molar-refractivity contribution in [2.24, 2.45) is 0 Å². The Hall–Kier alpha value is -2.04. The Labute approximate surface area is 126 Å². The minimum atomic E-state index is -3.63. The Bertz CT molecular complexity index is 873. The smallest absolute Gasteiger partial charge is 0.254 e. The van der Waals surface area contributed by atoms with Crippen molar-refractivity contribution in [3.63, 3.8) is 0 Å². The van der Waals surface area contributed by atoms with Gasteiger partial charge in [-0.3, -0.25) is 0 Å². The fourth-order valence-corrected chi connectivity index (χ4v) is 2.52. The summed E-state index contributed by atoms with van der Waals surface area (Å²) < 4.78 is 27.5. The fraction of sp³-hybridized carbons (Fsp3) is 0. The standard InChI is InChI=1S/C16H11ClO3S/c17-21(18,19)10-9-12-5-7-13(8-6-12)16-11-14-3-1-2-4-15(14)20-16/h1-11H. The number of rotatable bonds is 3. The first-order valence-electron chi connectivity index (χ1n) is 6.23. The highest BCUT2D eigenvalue weighted by Gasteiger charge is 2.05. The number of benzene rings is 2. The number of para-hydroxylation sites is 1. The molecule has 3 rings (SSSR count). The van der Waals surface area contributed by atoms with E-state index >= 15 is 0 Å². The molecule has 0 aliphatic heterocycles. The van der Waals surface area contributed by atoms with Crippen molar-refractivity contribution in [1.29, 1.82) is 0 Å². The highest BCUT2D eigenvalue weighted by molar-refractivity contribution is 8.16. The third-order valence-electron chi connectivity index (χ3n) is 3.04. The van der Waals surface area contributed by atoms with Crippen molar-refractivity contribution in [2.45, 2.75) is 0 Å². The van der Waals surface area contributed by atoms with Gasteiger partial charge in [-0.1, -0.05) is 42.5 Å². The summed E-state index contributed by atoms with van der Waals surface area (Å²) in [6.07, 6.45) is 1.45. The molecule has 21 heavy (non-hydrogen) atoms. The Kier molecular flexibility index (Phi) is 3.57. The Morgan fingerprint density at radius 3 is 2.38 bits per heavy atom. The van der Waals surface area contributed by atoms with Crippen LogP contribution in [0.3, 0.4) is 0 Å². The predicted molar refractivity (Wildman–Crippen MR) is 85.5 cm³/mol. The Morgan fingerprint density at radius 1 is 1.00 bits per heavy atom. The molecule has 0 bridgehead atoms. The fourth-order valence-electron chi connectivity index (χ4n) is 2.04. The van der Waals surface area contributed by atoms with E-state index in [1.807, 2.05) is 42.5 Å². The van der Waals surface area contributed by atoms with E-state index in [4.69, 9.17) is 15.1 Å². The quantitative estimate of drug-likeness (QED) is 0.661. The van der Waals surface area contributed by atoms with E-state index in [1.165, 1.54) is 6.08 Å². The lowest BCUT2D eigenvalue weighted by Gasteiger charge is -1.97. The number of furan rings is 1. The van der Waals surface area contributed by atoms with Crippen molar-refractivity contribution >= 4 is 36.8 Å². The molecule has 5 heteroatoms. The lowest BCUT2D eigenvalue weighted by atomic mass is 10.1. The van der Waals surface area contributed by atoms with Crippen molar-refractivity contribution < 1.29 is 12.8 Å². The molecule has 0 aliphatic rings. The molecule has 0 amide bonds. The van der Waals surface area contributed by atoms with E-state index in [9.17, 15) is 8.42 Å². The van der Waals surface area contributed by atoms with Crippen LogP contribution >= 0.6 is 10.7 Å². The number of hydrogen-bond donors (Lipinski definition) is 0. The normalized spacial score (nSPS) is 12.2. The summed E-state index contributed by atoms with van der Waals surface area (Å²) in [4.78, 5) is 0. The van der Waals surface area contributed by atoms with Gasteiger partial charge in [-0.2, -0.15) is 0 Å². The molecule has 0 radical (unpaired) electrons. The topological polar surface area (TPSA) is 47.3 Å². The molecule has 2 aromatic carbocycles. The predicted octanol–water partition coefficient (Wildman–Crippen LogP) is 4.64. The van der Waals surface area contributed by atoms with Gasteiger partial charge in [-0.05, 0) is 23.8 Å². The first-order chi connectivity index (χ1) is 10.0. The van der Waals surface area contributed by atoms with Gasteiger partial charge in [0.25, 0.3) is 9.05 Å². The third kappa shape index (κ3) is 3.35. The van der Waals surface area contributed by atoms with Crippen molar-refractivity contribution in [3.05, 3.63) is 65.6 Å². The molecule has 0 saturated carbocycles. The van der Waals surface area contributed by atoms with Gasteiger partial charge < -0.3 is 4.42 Å². The molecule has 106 valence electrons. The van der Waals surface area contributed by atoms with Gasteiger partial charge in [0.1, 0.15) is 11.3 Å². The first-order valence-corrected chi connectivity index (χ1v) is 8.60. The summed E-state index contributed by atoms with van der Waals surface area (Å²) in [7, 11) is 1.50. The lowest BCUT2D eigenvalue weighted by molar-refractivity contribution is 0.617. The first kappa shape index (κ1) is 13.9. The van der Waals surface area contributed by atoms with E-state index in [-0.39, 0.29) is 0 Å². The van der Waals surface area contributed by atoms with Crippen molar-refractivity contribution in [3.8, 4) is 11.3 Å². The van der Waals surface area contributed by atoms with Crippen LogP contribution in [0.25, 0.3) is 28.4 Å².